The molecule has 0 N–H and O–H groups in total. The van der Waals surface area contributed by atoms with Crippen LogP contribution in [0.25, 0.3) is 0 Å². The van der Waals surface area contributed by atoms with Gasteiger partial charge in [-0.05, 0) is 34.1 Å². The van der Waals surface area contributed by atoms with Gasteiger partial charge in [0.2, 0.25) is 0 Å². The normalized spacial score (nSPS) is 12.5. The zero-order chi connectivity index (χ0) is 15.2. The Balaban J connectivity index is 4.71. The van der Waals surface area contributed by atoms with Crippen molar-refractivity contribution in [3.05, 3.63) is 12.2 Å². The Morgan fingerprint density at radius 3 is 2.11 bits per heavy atom. The average Bonchev–Trinajstić information content (AvgIpc) is 2.26. The molecule has 0 amide bonds. The standard InChI is InChI=1S/C14H22O5/c1-7-8-10(18-11(15)9(2)3)12(16)19-13(17)14(4,5)6/h10H,2,7-8H2,1,3-6H3. The van der Waals surface area contributed by atoms with Gasteiger partial charge in [-0.1, -0.05) is 19.9 Å². The molecule has 0 rings (SSSR count). The van der Waals surface area contributed by atoms with Crippen LogP contribution >= 0.6 is 0 Å². The lowest BCUT2D eigenvalue weighted by atomic mass is 9.97. The van der Waals surface area contributed by atoms with Gasteiger partial charge in [-0.15, -0.1) is 0 Å². The van der Waals surface area contributed by atoms with Crippen molar-refractivity contribution >= 4 is 17.9 Å². The molecule has 0 aliphatic heterocycles. The minimum absolute atomic E-state index is 0.191. The molecule has 0 spiro atoms. The highest BCUT2D eigenvalue weighted by atomic mass is 16.6. The van der Waals surface area contributed by atoms with E-state index in [-0.39, 0.29) is 5.57 Å². The van der Waals surface area contributed by atoms with E-state index in [4.69, 9.17) is 9.47 Å². The van der Waals surface area contributed by atoms with E-state index < -0.39 is 29.4 Å². The predicted molar refractivity (Wildman–Crippen MR) is 70.2 cm³/mol. The molecule has 0 bridgehead atoms. The van der Waals surface area contributed by atoms with Crippen molar-refractivity contribution in [2.24, 2.45) is 5.41 Å². The minimum Gasteiger partial charge on any atom is -0.447 e. The lowest BCUT2D eigenvalue weighted by Gasteiger charge is -2.19. The first-order chi connectivity index (χ1) is 8.59. The number of carbonyl (C=O) groups is 3. The zero-order valence-electron chi connectivity index (χ0n) is 12.2. The Morgan fingerprint density at radius 2 is 1.74 bits per heavy atom. The summed E-state index contributed by atoms with van der Waals surface area (Å²) in [4.78, 5) is 34.8. The van der Waals surface area contributed by atoms with Crippen LogP contribution in [0, 0.1) is 5.41 Å². The first-order valence-electron chi connectivity index (χ1n) is 6.22. The van der Waals surface area contributed by atoms with Crippen LogP contribution in [0.3, 0.4) is 0 Å². The highest BCUT2D eigenvalue weighted by molar-refractivity contribution is 5.93. The van der Waals surface area contributed by atoms with Gasteiger partial charge in [0, 0.05) is 5.57 Å². The lowest BCUT2D eigenvalue weighted by molar-refractivity contribution is -0.176. The summed E-state index contributed by atoms with van der Waals surface area (Å²) in [5.41, 5.74) is -0.596. The van der Waals surface area contributed by atoms with Crippen molar-refractivity contribution < 1.29 is 23.9 Å². The third-order valence-corrected chi connectivity index (χ3v) is 2.22. The van der Waals surface area contributed by atoms with Crippen LogP contribution in [0.4, 0.5) is 0 Å². The second-order valence-corrected chi connectivity index (χ2v) is 5.42. The molecule has 0 heterocycles. The summed E-state index contributed by atoms with van der Waals surface area (Å²) >= 11 is 0. The van der Waals surface area contributed by atoms with E-state index >= 15 is 0 Å². The molecule has 0 fully saturated rings. The molecular formula is C14H22O5. The fourth-order valence-electron chi connectivity index (χ4n) is 1.03. The van der Waals surface area contributed by atoms with E-state index in [1.807, 2.05) is 6.92 Å². The fraction of sp³-hybridized carbons (Fsp3) is 0.643. The largest absolute Gasteiger partial charge is 0.447 e. The molecule has 19 heavy (non-hydrogen) atoms. The molecule has 0 saturated carbocycles. The third kappa shape index (κ3) is 6.18. The molecule has 0 saturated heterocycles. The van der Waals surface area contributed by atoms with Crippen molar-refractivity contribution in [3.8, 4) is 0 Å². The number of hydrogen-bond acceptors (Lipinski definition) is 5. The van der Waals surface area contributed by atoms with Crippen LogP contribution in [0.15, 0.2) is 12.2 Å². The molecule has 0 aromatic carbocycles. The molecule has 1 atom stereocenters. The van der Waals surface area contributed by atoms with Gasteiger partial charge in [-0.25, -0.2) is 9.59 Å². The maximum atomic E-state index is 11.8. The van der Waals surface area contributed by atoms with Gasteiger partial charge in [-0.3, -0.25) is 4.79 Å². The van der Waals surface area contributed by atoms with Gasteiger partial charge in [-0.2, -0.15) is 0 Å². The van der Waals surface area contributed by atoms with Crippen molar-refractivity contribution in [3.63, 3.8) is 0 Å². The Bertz CT molecular complexity index is 376. The number of carbonyl (C=O) groups excluding carboxylic acids is 3. The van der Waals surface area contributed by atoms with Gasteiger partial charge in [0.15, 0.2) is 6.10 Å². The maximum absolute atomic E-state index is 11.8. The zero-order valence-corrected chi connectivity index (χ0v) is 12.2. The number of ether oxygens (including phenoxy) is 2. The Hall–Kier alpha value is -1.65. The third-order valence-electron chi connectivity index (χ3n) is 2.22. The Kier molecular flexibility index (Phi) is 6.45. The summed E-state index contributed by atoms with van der Waals surface area (Å²) in [7, 11) is 0. The van der Waals surface area contributed by atoms with Gasteiger partial charge in [0.1, 0.15) is 0 Å². The molecule has 0 aromatic heterocycles. The molecule has 0 radical (unpaired) electrons. The van der Waals surface area contributed by atoms with Crippen LogP contribution < -0.4 is 0 Å². The first kappa shape index (κ1) is 17.4. The van der Waals surface area contributed by atoms with Crippen molar-refractivity contribution in [2.45, 2.75) is 53.6 Å². The molecule has 0 aliphatic rings. The summed E-state index contributed by atoms with van der Waals surface area (Å²) < 4.78 is 9.69. The summed E-state index contributed by atoms with van der Waals surface area (Å²) in [6.45, 7) is 11.7. The molecular weight excluding hydrogens is 248 g/mol. The van der Waals surface area contributed by atoms with E-state index in [2.05, 4.69) is 6.58 Å². The summed E-state index contributed by atoms with van der Waals surface area (Å²) in [6, 6.07) is 0. The maximum Gasteiger partial charge on any atom is 0.355 e. The number of rotatable bonds is 5. The second-order valence-electron chi connectivity index (χ2n) is 5.42. The van der Waals surface area contributed by atoms with Crippen LogP contribution in [-0.4, -0.2) is 24.0 Å². The van der Waals surface area contributed by atoms with E-state index in [0.717, 1.165) is 0 Å². The van der Waals surface area contributed by atoms with Gasteiger partial charge < -0.3 is 9.47 Å². The van der Waals surface area contributed by atoms with Crippen LogP contribution in [0.5, 0.6) is 0 Å². The fourth-order valence-corrected chi connectivity index (χ4v) is 1.03. The summed E-state index contributed by atoms with van der Waals surface area (Å²) in [5, 5.41) is 0. The minimum atomic E-state index is -1.07. The molecule has 1 unspecified atom stereocenters. The van der Waals surface area contributed by atoms with Gasteiger partial charge in [0.25, 0.3) is 0 Å². The Labute approximate surface area is 114 Å². The van der Waals surface area contributed by atoms with E-state index in [0.29, 0.717) is 12.8 Å². The molecule has 5 heteroatoms. The average molecular weight is 270 g/mol. The molecule has 0 aromatic rings. The predicted octanol–water partition coefficient (Wildman–Crippen LogP) is 2.39. The van der Waals surface area contributed by atoms with Gasteiger partial charge in [0.05, 0.1) is 5.41 Å². The van der Waals surface area contributed by atoms with E-state index in [1.54, 1.807) is 20.8 Å². The number of hydrogen-bond donors (Lipinski definition) is 0. The van der Waals surface area contributed by atoms with Crippen LogP contribution in [-0.2, 0) is 23.9 Å². The summed E-state index contributed by atoms with van der Waals surface area (Å²) in [6.07, 6.45) is -0.150. The number of esters is 3. The second kappa shape index (κ2) is 7.07. The van der Waals surface area contributed by atoms with Crippen molar-refractivity contribution in [2.75, 3.05) is 0 Å². The first-order valence-corrected chi connectivity index (χ1v) is 6.22. The smallest absolute Gasteiger partial charge is 0.355 e. The molecule has 0 aliphatic carbocycles. The quantitative estimate of drug-likeness (QED) is 0.436. The Morgan fingerprint density at radius 1 is 1.21 bits per heavy atom. The topological polar surface area (TPSA) is 69.7 Å². The SMILES string of the molecule is C=C(C)C(=O)OC(CCC)C(=O)OC(=O)C(C)(C)C. The van der Waals surface area contributed by atoms with Crippen LogP contribution in [0.1, 0.15) is 47.5 Å². The molecule has 108 valence electrons. The van der Waals surface area contributed by atoms with Gasteiger partial charge >= 0.3 is 17.9 Å². The monoisotopic (exact) mass is 270 g/mol. The van der Waals surface area contributed by atoms with Crippen LogP contribution in [0.2, 0.25) is 0 Å². The molecule has 5 nitrogen and oxygen atoms in total. The van der Waals surface area contributed by atoms with E-state index in [1.165, 1.54) is 6.92 Å². The lowest BCUT2D eigenvalue weighted by Crippen LogP contribution is -2.34. The van der Waals surface area contributed by atoms with Crippen molar-refractivity contribution in [1.29, 1.82) is 0 Å². The van der Waals surface area contributed by atoms with Crippen molar-refractivity contribution in [1.82, 2.24) is 0 Å². The summed E-state index contributed by atoms with van der Waals surface area (Å²) in [5.74, 6) is -2.15. The highest BCUT2D eigenvalue weighted by Gasteiger charge is 2.31. The highest BCUT2D eigenvalue weighted by Crippen LogP contribution is 2.17. The van der Waals surface area contributed by atoms with E-state index in [9.17, 15) is 14.4 Å².